The van der Waals surface area contributed by atoms with Crippen molar-refractivity contribution >= 4 is 56.0 Å². The van der Waals surface area contributed by atoms with Crippen LogP contribution in [0, 0.1) is 0 Å². The highest BCUT2D eigenvalue weighted by atomic mass is 35.5. The topological polar surface area (TPSA) is 82.7 Å². The lowest BCUT2D eigenvalue weighted by Gasteiger charge is -2.23. The Kier molecular flexibility index (Phi) is 7.40. The van der Waals surface area contributed by atoms with E-state index in [-0.39, 0.29) is 11.0 Å². The van der Waals surface area contributed by atoms with Crippen molar-refractivity contribution in [2.24, 2.45) is 0 Å². The third-order valence-corrected chi connectivity index (χ3v) is 7.46. The molecule has 0 spiro atoms. The molecule has 7 nitrogen and oxygen atoms in total. The van der Waals surface area contributed by atoms with Crippen molar-refractivity contribution in [3.8, 4) is 0 Å². The van der Waals surface area contributed by atoms with Crippen LogP contribution in [-0.4, -0.2) is 45.9 Å². The van der Waals surface area contributed by atoms with E-state index in [4.69, 9.17) is 28.6 Å². The molecule has 32 heavy (non-hydrogen) atoms. The van der Waals surface area contributed by atoms with Crippen LogP contribution in [0.1, 0.15) is 25.7 Å². The van der Waals surface area contributed by atoms with Crippen molar-refractivity contribution in [2.75, 3.05) is 41.2 Å². The first kappa shape index (κ1) is 23.1. The molecule has 172 valence electrons. The maximum atomic E-state index is 13.0. The standard InChI is InChI=1S/C22H27ClN4O3S2/c23-16-5-7-17(8-6-16)26-32(28,29)19-9-10-21(27-11-1-2-12-27)20(14-19)25-22(31)24-15-18-4-3-13-30-18/h5-10,14,18,26H,1-4,11-13,15H2,(H2,24,25,31)/t18-/m0/s1. The van der Waals surface area contributed by atoms with Crippen molar-refractivity contribution in [1.29, 1.82) is 0 Å². The highest BCUT2D eigenvalue weighted by molar-refractivity contribution is 7.92. The molecule has 2 aromatic carbocycles. The van der Waals surface area contributed by atoms with Crippen LogP contribution in [0.3, 0.4) is 0 Å². The molecule has 2 saturated heterocycles. The molecule has 2 heterocycles. The molecule has 2 aliphatic heterocycles. The molecule has 0 amide bonds. The van der Waals surface area contributed by atoms with Crippen LogP contribution in [0.2, 0.25) is 5.02 Å². The summed E-state index contributed by atoms with van der Waals surface area (Å²) in [5.74, 6) is 0. The maximum absolute atomic E-state index is 13.0. The summed E-state index contributed by atoms with van der Waals surface area (Å²) in [6.07, 6.45) is 4.45. The van der Waals surface area contributed by atoms with E-state index < -0.39 is 10.0 Å². The second-order valence-electron chi connectivity index (χ2n) is 7.96. The Labute approximate surface area is 199 Å². The number of hydrogen-bond donors (Lipinski definition) is 3. The Balaban J connectivity index is 1.54. The third kappa shape index (κ3) is 5.83. The van der Waals surface area contributed by atoms with Gasteiger partial charge < -0.3 is 20.3 Å². The molecule has 2 fully saturated rings. The molecule has 2 aliphatic rings. The summed E-state index contributed by atoms with van der Waals surface area (Å²) in [5.41, 5.74) is 2.05. The number of anilines is 3. The zero-order chi connectivity index (χ0) is 22.6. The van der Waals surface area contributed by atoms with Crippen LogP contribution in [-0.2, 0) is 14.8 Å². The number of rotatable bonds is 7. The van der Waals surface area contributed by atoms with Crippen LogP contribution in [0.5, 0.6) is 0 Å². The summed E-state index contributed by atoms with van der Waals surface area (Å²) in [6.45, 7) is 3.27. The monoisotopic (exact) mass is 494 g/mol. The SMILES string of the molecule is O=S(=O)(Nc1ccc(Cl)cc1)c1ccc(N2CCCC2)c(NC(=S)NC[C@@H]2CCCO2)c1. The number of hydrogen-bond acceptors (Lipinski definition) is 5. The van der Waals surface area contributed by atoms with Crippen molar-refractivity contribution < 1.29 is 13.2 Å². The number of nitrogens with one attached hydrogen (secondary N) is 3. The zero-order valence-electron chi connectivity index (χ0n) is 17.6. The van der Waals surface area contributed by atoms with Crippen LogP contribution in [0.4, 0.5) is 17.1 Å². The zero-order valence-corrected chi connectivity index (χ0v) is 20.0. The molecule has 0 aromatic heterocycles. The fourth-order valence-electron chi connectivity index (χ4n) is 3.93. The van der Waals surface area contributed by atoms with E-state index in [1.54, 1.807) is 36.4 Å². The van der Waals surface area contributed by atoms with Crippen molar-refractivity contribution in [3.05, 3.63) is 47.5 Å². The summed E-state index contributed by atoms with van der Waals surface area (Å²) >= 11 is 11.4. The van der Waals surface area contributed by atoms with Gasteiger partial charge in [0.1, 0.15) is 0 Å². The lowest BCUT2D eigenvalue weighted by atomic mass is 10.2. The third-order valence-electron chi connectivity index (χ3n) is 5.58. The summed E-state index contributed by atoms with van der Waals surface area (Å²) < 4.78 is 34.2. The average Bonchev–Trinajstić information content (AvgIpc) is 3.48. The molecular formula is C22H27ClN4O3S2. The highest BCUT2D eigenvalue weighted by Gasteiger charge is 2.22. The maximum Gasteiger partial charge on any atom is 0.261 e. The van der Waals surface area contributed by atoms with Gasteiger partial charge in [0.15, 0.2) is 5.11 Å². The fraction of sp³-hybridized carbons (Fsp3) is 0.409. The minimum Gasteiger partial charge on any atom is -0.376 e. The number of sulfonamides is 1. The molecule has 0 radical (unpaired) electrons. The smallest absolute Gasteiger partial charge is 0.261 e. The lowest BCUT2D eigenvalue weighted by Crippen LogP contribution is -2.35. The Morgan fingerprint density at radius 3 is 2.56 bits per heavy atom. The van der Waals surface area contributed by atoms with Gasteiger partial charge in [0, 0.05) is 37.0 Å². The van der Waals surface area contributed by atoms with E-state index in [0.29, 0.717) is 28.1 Å². The van der Waals surface area contributed by atoms with Gasteiger partial charge >= 0.3 is 0 Å². The second-order valence-corrected chi connectivity index (χ2v) is 10.5. The van der Waals surface area contributed by atoms with Gasteiger partial charge in [0.25, 0.3) is 10.0 Å². The van der Waals surface area contributed by atoms with E-state index in [1.807, 2.05) is 6.07 Å². The fourth-order valence-corrected chi connectivity index (χ4v) is 5.33. The van der Waals surface area contributed by atoms with Gasteiger partial charge in [-0.25, -0.2) is 8.42 Å². The van der Waals surface area contributed by atoms with Crippen molar-refractivity contribution in [2.45, 2.75) is 36.7 Å². The molecule has 2 aromatic rings. The Bertz CT molecular complexity index is 1050. The first-order valence-electron chi connectivity index (χ1n) is 10.7. The van der Waals surface area contributed by atoms with E-state index >= 15 is 0 Å². The van der Waals surface area contributed by atoms with Crippen molar-refractivity contribution in [1.82, 2.24) is 5.32 Å². The Morgan fingerprint density at radius 1 is 1.12 bits per heavy atom. The van der Waals surface area contributed by atoms with Gasteiger partial charge in [-0.2, -0.15) is 0 Å². The molecule has 1 atom stereocenters. The summed E-state index contributed by atoms with van der Waals surface area (Å²) in [4.78, 5) is 2.40. The summed E-state index contributed by atoms with van der Waals surface area (Å²) in [6, 6.07) is 11.6. The molecule has 0 aliphatic carbocycles. The van der Waals surface area contributed by atoms with E-state index in [0.717, 1.165) is 51.1 Å². The minimum absolute atomic E-state index is 0.153. The van der Waals surface area contributed by atoms with Gasteiger partial charge in [0.05, 0.1) is 22.4 Å². The van der Waals surface area contributed by atoms with Crippen LogP contribution in [0.25, 0.3) is 0 Å². The Hall–Kier alpha value is -2.07. The quantitative estimate of drug-likeness (QED) is 0.497. The predicted octanol–water partition coefficient (Wildman–Crippen LogP) is 4.21. The number of ether oxygens (including phenoxy) is 1. The van der Waals surface area contributed by atoms with Gasteiger partial charge in [-0.1, -0.05) is 11.6 Å². The predicted molar refractivity (Wildman–Crippen MR) is 133 cm³/mol. The number of nitrogens with zero attached hydrogens (tertiary/aromatic N) is 1. The molecule has 10 heteroatoms. The highest BCUT2D eigenvalue weighted by Crippen LogP contribution is 2.32. The van der Waals surface area contributed by atoms with E-state index in [9.17, 15) is 8.42 Å². The lowest BCUT2D eigenvalue weighted by molar-refractivity contribution is 0.114. The average molecular weight is 495 g/mol. The Morgan fingerprint density at radius 2 is 1.88 bits per heavy atom. The van der Waals surface area contributed by atoms with Gasteiger partial charge in [-0.05, 0) is 80.4 Å². The number of benzene rings is 2. The molecule has 0 unspecified atom stereocenters. The first-order chi connectivity index (χ1) is 15.4. The molecule has 3 N–H and O–H groups in total. The normalized spacial score (nSPS) is 18.5. The molecule has 4 rings (SSSR count). The molecular weight excluding hydrogens is 468 g/mol. The first-order valence-corrected chi connectivity index (χ1v) is 13.0. The molecule has 0 saturated carbocycles. The number of thiocarbonyl (C=S) groups is 1. The van der Waals surface area contributed by atoms with Crippen molar-refractivity contribution in [3.63, 3.8) is 0 Å². The van der Waals surface area contributed by atoms with Crippen LogP contribution < -0.4 is 20.3 Å². The van der Waals surface area contributed by atoms with Gasteiger partial charge in [-0.3, -0.25) is 4.72 Å². The largest absolute Gasteiger partial charge is 0.376 e. The van der Waals surface area contributed by atoms with E-state index in [2.05, 4.69) is 20.3 Å². The molecule has 0 bridgehead atoms. The summed E-state index contributed by atoms with van der Waals surface area (Å²) in [5, 5.41) is 7.39. The van der Waals surface area contributed by atoms with Crippen LogP contribution >= 0.6 is 23.8 Å². The van der Waals surface area contributed by atoms with Gasteiger partial charge in [-0.15, -0.1) is 0 Å². The van der Waals surface area contributed by atoms with Gasteiger partial charge in [0.2, 0.25) is 0 Å². The van der Waals surface area contributed by atoms with E-state index in [1.165, 1.54) is 0 Å². The van der Waals surface area contributed by atoms with Crippen LogP contribution in [0.15, 0.2) is 47.4 Å². The summed E-state index contributed by atoms with van der Waals surface area (Å²) in [7, 11) is -3.79. The number of halogens is 1. The second kappa shape index (κ2) is 10.2. The minimum atomic E-state index is -3.79.